The number of hydrogen-bond donors (Lipinski definition) is 0. The molecule has 0 aromatic carbocycles. The Hall–Kier alpha value is 2.02. The third kappa shape index (κ3) is 96.7. The Morgan fingerprint density at radius 1 is 1.12 bits per heavy atom. The van der Waals surface area contributed by atoms with Gasteiger partial charge in [0.15, 0.2) is 0 Å². The molecule has 4 nitrogen and oxygen atoms in total. The minimum atomic E-state index is -2.33. The molecule has 0 amide bonds. The fraction of sp³-hybridized carbons (Fsp3) is 0. The minimum absolute atomic E-state index is 0. The van der Waals surface area contributed by atoms with E-state index in [1.807, 2.05) is 0 Å². The maximum atomic E-state index is 8.33. The third-order valence-corrected chi connectivity index (χ3v) is 0. The molecule has 0 radical (unpaired) electrons. The summed E-state index contributed by atoms with van der Waals surface area (Å²) in [7, 11) is 0. The fourth-order valence-corrected chi connectivity index (χ4v) is 0. The van der Waals surface area contributed by atoms with Crippen LogP contribution in [0.1, 0.15) is 0 Å². The second kappa shape index (κ2) is 23.0. The molecule has 0 unspecified atom stereocenters. The number of rotatable bonds is 0. The van der Waals surface area contributed by atoms with Crippen molar-refractivity contribution in [3.63, 3.8) is 0 Å². The van der Waals surface area contributed by atoms with Gasteiger partial charge in [-0.15, -0.1) is 0 Å². The van der Waals surface area contributed by atoms with Crippen LogP contribution < -0.4 is 10.2 Å². The summed E-state index contributed by atoms with van der Waals surface area (Å²) in [5.74, 6) is 0. The zero-order valence-corrected chi connectivity index (χ0v) is 9.33. The van der Waals surface area contributed by atoms with E-state index in [0.29, 0.717) is 0 Å². The molecule has 0 rings (SSSR count). The first-order valence-corrected chi connectivity index (χ1v) is 0.612. The topological polar surface area (TPSA) is 93.2 Å². The summed E-state index contributed by atoms with van der Waals surface area (Å²) in [5.41, 5.74) is 0. The number of carbonyl (C=O) groups is 1. The molecule has 0 saturated heterocycles. The molecule has 8 heavy (non-hydrogen) atoms. The molecule has 0 aliphatic heterocycles. The van der Waals surface area contributed by atoms with Gasteiger partial charge in [0.25, 0.3) is 0 Å². The molecule has 7 heteroatoms. The number of carbonyl (C=O) groups excluding carboxylic acids is 1. The Labute approximate surface area is 109 Å². The Balaban J connectivity index is -0.00000000750. The summed E-state index contributed by atoms with van der Waals surface area (Å²) in [5, 5.41) is 16.7. The van der Waals surface area contributed by atoms with Crippen LogP contribution in [0.15, 0.2) is 0 Å². The van der Waals surface area contributed by atoms with Crippen LogP contribution in [0.25, 0.3) is 0 Å². The molecule has 0 heterocycles. The summed E-state index contributed by atoms with van der Waals surface area (Å²) in [6.45, 7) is 0. The molecule has 0 aromatic heterocycles. The molecule has 0 aromatic rings. The second-order valence-corrected chi connectivity index (χ2v) is 0.250. The zero-order chi connectivity index (χ0) is 3.58. The van der Waals surface area contributed by atoms with E-state index >= 15 is 0 Å². The van der Waals surface area contributed by atoms with Gasteiger partial charge in [-0.25, -0.2) is 0 Å². The van der Waals surface area contributed by atoms with Gasteiger partial charge in [-0.3, -0.25) is 0 Å². The molecule has 0 aliphatic rings. The quantitative estimate of drug-likeness (QED) is 0.345. The van der Waals surface area contributed by atoms with Crippen LogP contribution in [-0.2, 0) is 0 Å². The van der Waals surface area contributed by atoms with Gasteiger partial charge in [0, 0.05) is 0 Å². The van der Waals surface area contributed by atoms with E-state index in [0.717, 1.165) is 0 Å². The third-order valence-electron chi connectivity index (χ3n) is 0. The van der Waals surface area contributed by atoms with Crippen molar-refractivity contribution in [3.05, 3.63) is 0 Å². The first-order valence-electron chi connectivity index (χ1n) is 0.612. The van der Waals surface area contributed by atoms with Crippen LogP contribution in [0.3, 0.4) is 0 Å². The van der Waals surface area contributed by atoms with Gasteiger partial charge in [-0.2, -0.15) is 0 Å². The van der Waals surface area contributed by atoms with Crippen molar-refractivity contribution in [2.75, 3.05) is 0 Å². The van der Waals surface area contributed by atoms with Gasteiger partial charge in [0.1, 0.15) is 0 Å². The van der Waals surface area contributed by atoms with Gasteiger partial charge in [-0.05, 0) is 6.16 Å². The molecule has 0 fully saturated rings. The average Bonchev–Trinajstić information content (AvgIpc) is 0.811. The Bertz CT molecular complexity index is 37.0. The van der Waals surface area contributed by atoms with Crippen LogP contribution in [0, 0.1) is 0 Å². The van der Waals surface area contributed by atoms with E-state index < -0.39 is 6.16 Å². The van der Waals surface area contributed by atoms with Crippen molar-refractivity contribution in [2.24, 2.45) is 0 Å². The first-order chi connectivity index (χ1) is 1.73. The predicted octanol–water partition coefficient (Wildman–Crippen LogP) is -3.77. The van der Waals surface area contributed by atoms with Gasteiger partial charge < -0.3 is 20.5 Å². The number of carboxylic acid groups (broad SMARTS) is 2. The fourth-order valence-electron chi connectivity index (χ4n) is 0. The minimum Gasteiger partial charge on any atom is -0.870 e. The van der Waals surface area contributed by atoms with E-state index in [4.69, 9.17) is 15.0 Å². The molecule has 1 N–H and O–H groups in total. The first kappa shape index (κ1) is 32.3. The van der Waals surface area contributed by atoms with Crippen molar-refractivity contribution in [1.82, 2.24) is 0 Å². The summed E-state index contributed by atoms with van der Waals surface area (Å²) >= 11 is 0. The average molecular weight is 166 g/mol. The molecular formula is CHCaMg2O4+3. The summed E-state index contributed by atoms with van der Waals surface area (Å²) in [6, 6.07) is 0. The SMILES string of the molecule is O=C([O-])[O-].[Ca+2].[Mg+2].[Mg+2].[OH-]. The summed E-state index contributed by atoms with van der Waals surface area (Å²) < 4.78 is 0. The molecule has 0 bridgehead atoms. The van der Waals surface area contributed by atoms with E-state index in [2.05, 4.69) is 0 Å². The van der Waals surface area contributed by atoms with E-state index in [9.17, 15) is 0 Å². The second-order valence-electron chi connectivity index (χ2n) is 0.250. The van der Waals surface area contributed by atoms with Crippen LogP contribution in [0.4, 0.5) is 4.79 Å². The van der Waals surface area contributed by atoms with Crippen molar-refractivity contribution in [1.29, 1.82) is 0 Å². The Kier molecular flexibility index (Phi) is 93.1. The Morgan fingerprint density at radius 2 is 1.12 bits per heavy atom. The van der Waals surface area contributed by atoms with Gasteiger partial charge in [0.2, 0.25) is 0 Å². The largest absolute Gasteiger partial charge is 2.00 e. The van der Waals surface area contributed by atoms with Crippen molar-refractivity contribution < 1.29 is 20.5 Å². The smallest absolute Gasteiger partial charge is 0.870 e. The monoisotopic (exact) mass is 165 g/mol. The van der Waals surface area contributed by atoms with Gasteiger partial charge in [0.05, 0.1) is 0 Å². The van der Waals surface area contributed by atoms with E-state index in [-0.39, 0.29) is 89.3 Å². The van der Waals surface area contributed by atoms with E-state index in [1.165, 1.54) is 0 Å². The van der Waals surface area contributed by atoms with Crippen LogP contribution in [0.2, 0.25) is 0 Å². The summed E-state index contributed by atoms with van der Waals surface area (Å²) in [6.07, 6.45) is -2.33. The molecular weight excluding hydrogens is 165 g/mol. The van der Waals surface area contributed by atoms with Crippen molar-refractivity contribution in [3.8, 4) is 0 Å². The van der Waals surface area contributed by atoms with Crippen molar-refractivity contribution >= 4 is 90.0 Å². The Morgan fingerprint density at radius 3 is 1.12 bits per heavy atom. The number of hydrogen-bond acceptors (Lipinski definition) is 4. The summed E-state index contributed by atoms with van der Waals surface area (Å²) in [4.78, 5) is 8.33. The maximum Gasteiger partial charge on any atom is 2.00 e. The normalized spacial score (nSPS) is 3.00. The van der Waals surface area contributed by atoms with Crippen LogP contribution in [-0.4, -0.2) is 95.5 Å². The predicted molar refractivity (Wildman–Crippen MR) is 24.6 cm³/mol. The van der Waals surface area contributed by atoms with E-state index in [1.54, 1.807) is 0 Å². The van der Waals surface area contributed by atoms with Gasteiger partial charge in [-0.1, -0.05) is 0 Å². The molecule has 0 aliphatic carbocycles. The molecule has 0 spiro atoms. The van der Waals surface area contributed by atoms with Crippen molar-refractivity contribution in [2.45, 2.75) is 0 Å². The maximum absolute atomic E-state index is 8.33. The molecule has 32 valence electrons. The standard InChI is InChI=1S/CH2O3.Ca.2Mg.H2O/c2-1(3)4;;;;/h(H2,2,3,4);;;;1H2/q;3*+2;/p-3. The molecule has 0 saturated carbocycles. The molecule has 0 atom stereocenters. The zero-order valence-electron chi connectivity index (χ0n) is 4.29. The van der Waals surface area contributed by atoms with Gasteiger partial charge >= 0.3 is 83.8 Å². The van der Waals surface area contributed by atoms with Crippen LogP contribution in [0.5, 0.6) is 0 Å². The van der Waals surface area contributed by atoms with Crippen LogP contribution >= 0.6 is 0 Å².